The molecular formula is C14H19BrFNO. The minimum Gasteiger partial charge on any atom is -0.374 e. The van der Waals surface area contributed by atoms with E-state index in [1.807, 2.05) is 13.0 Å². The van der Waals surface area contributed by atoms with Crippen molar-refractivity contribution < 1.29 is 9.13 Å². The number of hydrogen-bond acceptors (Lipinski definition) is 2. The number of nitrogens with one attached hydrogen (secondary N) is 1. The van der Waals surface area contributed by atoms with E-state index in [1.54, 1.807) is 6.07 Å². The van der Waals surface area contributed by atoms with Gasteiger partial charge in [-0.2, -0.15) is 0 Å². The Kier molecular flexibility index (Phi) is 4.41. The van der Waals surface area contributed by atoms with Crippen LogP contribution in [-0.4, -0.2) is 18.8 Å². The Morgan fingerprint density at radius 2 is 2.33 bits per heavy atom. The summed E-state index contributed by atoms with van der Waals surface area (Å²) in [5, 5.41) is 3.36. The van der Waals surface area contributed by atoms with Crippen LogP contribution in [0.3, 0.4) is 0 Å². The van der Waals surface area contributed by atoms with Crippen molar-refractivity contribution in [3.63, 3.8) is 0 Å². The van der Waals surface area contributed by atoms with E-state index in [-0.39, 0.29) is 17.5 Å². The molecule has 1 aliphatic heterocycles. The van der Waals surface area contributed by atoms with Crippen LogP contribution in [0.5, 0.6) is 0 Å². The molecule has 2 atom stereocenters. The molecule has 0 aliphatic carbocycles. The molecule has 0 saturated carbocycles. The fourth-order valence-electron chi connectivity index (χ4n) is 2.30. The molecule has 2 nitrogen and oxygen atoms in total. The van der Waals surface area contributed by atoms with E-state index >= 15 is 0 Å². The summed E-state index contributed by atoms with van der Waals surface area (Å²) in [6.07, 6.45) is 2.17. The van der Waals surface area contributed by atoms with Gasteiger partial charge in [0.05, 0.1) is 5.60 Å². The minimum absolute atomic E-state index is 0.0245. The SMILES string of the molecule is CC(NCC1(C)CCCO1)c1cc(Br)ccc1F. The van der Waals surface area contributed by atoms with Gasteiger partial charge in [0, 0.05) is 29.2 Å². The molecule has 2 unspecified atom stereocenters. The van der Waals surface area contributed by atoms with Gasteiger partial charge in [0.1, 0.15) is 5.82 Å². The molecule has 0 bridgehead atoms. The first-order valence-corrected chi connectivity index (χ1v) is 7.12. The van der Waals surface area contributed by atoms with Gasteiger partial charge in [-0.3, -0.25) is 0 Å². The van der Waals surface area contributed by atoms with Gasteiger partial charge in [-0.05, 0) is 44.9 Å². The van der Waals surface area contributed by atoms with Gasteiger partial charge in [0.15, 0.2) is 0 Å². The second kappa shape index (κ2) is 5.68. The third kappa shape index (κ3) is 3.31. The Morgan fingerprint density at radius 1 is 1.56 bits per heavy atom. The highest BCUT2D eigenvalue weighted by molar-refractivity contribution is 9.10. The van der Waals surface area contributed by atoms with Crippen LogP contribution < -0.4 is 5.32 Å². The molecule has 0 spiro atoms. The Bertz CT molecular complexity index is 418. The van der Waals surface area contributed by atoms with E-state index in [4.69, 9.17) is 4.74 Å². The van der Waals surface area contributed by atoms with Crippen molar-refractivity contribution in [2.75, 3.05) is 13.2 Å². The summed E-state index contributed by atoms with van der Waals surface area (Å²) in [5.74, 6) is -0.171. The number of rotatable bonds is 4. The van der Waals surface area contributed by atoms with Crippen LogP contribution in [0.2, 0.25) is 0 Å². The van der Waals surface area contributed by atoms with Crippen LogP contribution in [0.1, 0.15) is 38.3 Å². The Hall–Kier alpha value is -0.450. The van der Waals surface area contributed by atoms with Crippen LogP contribution in [0.25, 0.3) is 0 Å². The molecule has 0 aromatic heterocycles. The van der Waals surface area contributed by atoms with Crippen molar-refractivity contribution in [3.8, 4) is 0 Å². The molecule has 0 amide bonds. The molecule has 0 radical (unpaired) electrons. The first-order valence-electron chi connectivity index (χ1n) is 6.32. The Balaban J connectivity index is 1.99. The van der Waals surface area contributed by atoms with E-state index in [0.29, 0.717) is 5.56 Å². The third-order valence-electron chi connectivity index (χ3n) is 3.51. The summed E-state index contributed by atoms with van der Waals surface area (Å²) >= 11 is 3.37. The summed E-state index contributed by atoms with van der Waals surface area (Å²) < 4.78 is 20.3. The number of benzene rings is 1. The highest BCUT2D eigenvalue weighted by Crippen LogP contribution is 2.26. The van der Waals surface area contributed by atoms with Gasteiger partial charge in [-0.25, -0.2) is 4.39 Å². The summed E-state index contributed by atoms with van der Waals surface area (Å²) in [5.41, 5.74) is 0.586. The van der Waals surface area contributed by atoms with Crippen molar-refractivity contribution in [2.45, 2.75) is 38.3 Å². The fourth-order valence-corrected chi connectivity index (χ4v) is 2.68. The van der Waals surface area contributed by atoms with Crippen LogP contribution in [0, 0.1) is 5.82 Å². The second-order valence-electron chi connectivity index (χ2n) is 5.17. The summed E-state index contributed by atoms with van der Waals surface area (Å²) in [4.78, 5) is 0. The molecule has 2 rings (SSSR count). The van der Waals surface area contributed by atoms with Crippen LogP contribution >= 0.6 is 15.9 Å². The molecule has 1 N–H and O–H groups in total. The first kappa shape index (κ1) is 14.0. The monoisotopic (exact) mass is 315 g/mol. The lowest BCUT2D eigenvalue weighted by molar-refractivity contribution is 0.0190. The maximum absolute atomic E-state index is 13.7. The predicted octanol–water partition coefficient (Wildman–Crippen LogP) is 3.81. The summed E-state index contributed by atoms with van der Waals surface area (Å²) in [7, 11) is 0. The van der Waals surface area contributed by atoms with E-state index in [0.717, 1.165) is 30.5 Å². The van der Waals surface area contributed by atoms with Crippen molar-refractivity contribution in [1.29, 1.82) is 0 Å². The topological polar surface area (TPSA) is 21.3 Å². The van der Waals surface area contributed by atoms with Gasteiger partial charge >= 0.3 is 0 Å². The maximum atomic E-state index is 13.7. The molecule has 18 heavy (non-hydrogen) atoms. The Morgan fingerprint density at radius 3 is 3.00 bits per heavy atom. The lowest BCUT2D eigenvalue weighted by Crippen LogP contribution is -2.38. The van der Waals surface area contributed by atoms with E-state index in [2.05, 4.69) is 28.2 Å². The molecule has 1 saturated heterocycles. The average molecular weight is 316 g/mol. The lowest BCUT2D eigenvalue weighted by atomic mass is 10.0. The normalized spacial score (nSPS) is 25.3. The zero-order valence-electron chi connectivity index (χ0n) is 10.8. The van der Waals surface area contributed by atoms with Crippen LogP contribution in [-0.2, 0) is 4.74 Å². The first-order chi connectivity index (χ1) is 8.50. The maximum Gasteiger partial charge on any atom is 0.128 e. The van der Waals surface area contributed by atoms with Gasteiger partial charge in [0.25, 0.3) is 0 Å². The molecule has 1 aromatic rings. The average Bonchev–Trinajstić information content (AvgIpc) is 2.77. The molecule has 100 valence electrons. The predicted molar refractivity (Wildman–Crippen MR) is 74.1 cm³/mol. The second-order valence-corrected chi connectivity index (χ2v) is 6.09. The summed E-state index contributed by atoms with van der Waals surface area (Å²) in [6, 6.07) is 5.01. The molecule has 4 heteroatoms. The van der Waals surface area contributed by atoms with E-state index in [9.17, 15) is 4.39 Å². The van der Waals surface area contributed by atoms with Crippen LogP contribution in [0.4, 0.5) is 4.39 Å². The molecule has 1 aromatic carbocycles. The van der Waals surface area contributed by atoms with E-state index in [1.165, 1.54) is 6.07 Å². The van der Waals surface area contributed by atoms with Gasteiger partial charge in [-0.1, -0.05) is 15.9 Å². The number of halogens is 2. The number of ether oxygens (including phenoxy) is 1. The molecular weight excluding hydrogens is 297 g/mol. The van der Waals surface area contributed by atoms with Crippen molar-refractivity contribution >= 4 is 15.9 Å². The standard InChI is InChI=1S/C14H19BrFNO/c1-10(12-8-11(15)4-5-13(12)16)17-9-14(2)6-3-7-18-14/h4-5,8,10,17H,3,6-7,9H2,1-2H3. The highest BCUT2D eigenvalue weighted by atomic mass is 79.9. The lowest BCUT2D eigenvalue weighted by Gasteiger charge is -2.26. The van der Waals surface area contributed by atoms with Crippen molar-refractivity contribution in [3.05, 3.63) is 34.1 Å². The molecule has 1 heterocycles. The molecule has 1 fully saturated rings. The summed E-state index contributed by atoms with van der Waals surface area (Å²) in [6.45, 7) is 5.66. The quantitative estimate of drug-likeness (QED) is 0.912. The van der Waals surface area contributed by atoms with Gasteiger partial charge < -0.3 is 10.1 Å². The van der Waals surface area contributed by atoms with Gasteiger partial charge in [-0.15, -0.1) is 0 Å². The zero-order valence-corrected chi connectivity index (χ0v) is 12.4. The minimum atomic E-state index is -0.171. The van der Waals surface area contributed by atoms with Crippen LogP contribution in [0.15, 0.2) is 22.7 Å². The van der Waals surface area contributed by atoms with Crippen molar-refractivity contribution in [2.24, 2.45) is 0 Å². The Labute approximate surface area is 116 Å². The fraction of sp³-hybridized carbons (Fsp3) is 0.571. The molecule has 1 aliphatic rings. The third-order valence-corrected chi connectivity index (χ3v) is 4.00. The van der Waals surface area contributed by atoms with Crippen molar-refractivity contribution in [1.82, 2.24) is 5.32 Å². The smallest absolute Gasteiger partial charge is 0.128 e. The highest BCUT2D eigenvalue weighted by Gasteiger charge is 2.30. The number of hydrogen-bond donors (Lipinski definition) is 1. The zero-order chi connectivity index (χ0) is 13.2. The van der Waals surface area contributed by atoms with E-state index < -0.39 is 0 Å². The largest absolute Gasteiger partial charge is 0.374 e. The van der Waals surface area contributed by atoms with Gasteiger partial charge in [0.2, 0.25) is 0 Å².